The Morgan fingerprint density at radius 1 is 1.00 bits per heavy atom. The maximum atomic E-state index is 12.4. The average molecular weight is 305 g/mol. The highest BCUT2D eigenvalue weighted by molar-refractivity contribution is 7.89. The van der Waals surface area contributed by atoms with Crippen molar-refractivity contribution in [1.29, 1.82) is 0 Å². The quantitative estimate of drug-likeness (QED) is 0.924. The van der Waals surface area contributed by atoms with Crippen LogP contribution in [0.4, 0.5) is 0 Å². The number of nitrogens with one attached hydrogen (secondary N) is 1. The highest BCUT2D eigenvalue weighted by Gasteiger charge is 2.19. The molecule has 0 fully saturated rings. The van der Waals surface area contributed by atoms with E-state index in [4.69, 9.17) is 4.74 Å². The van der Waals surface area contributed by atoms with Crippen LogP contribution in [0.15, 0.2) is 47.4 Å². The molecule has 112 valence electrons. The van der Waals surface area contributed by atoms with Crippen molar-refractivity contribution in [2.24, 2.45) is 0 Å². The van der Waals surface area contributed by atoms with E-state index in [9.17, 15) is 8.42 Å². The fourth-order valence-electron chi connectivity index (χ4n) is 2.14. The lowest BCUT2D eigenvalue weighted by atomic mass is 10.1. The zero-order valence-electron chi connectivity index (χ0n) is 12.4. The van der Waals surface area contributed by atoms with E-state index in [0.717, 1.165) is 11.1 Å². The van der Waals surface area contributed by atoms with Gasteiger partial charge in [0, 0.05) is 6.54 Å². The van der Waals surface area contributed by atoms with Crippen molar-refractivity contribution in [1.82, 2.24) is 4.72 Å². The Morgan fingerprint density at radius 3 is 2.29 bits per heavy atom. The van der Waals surface area contributed by atoms with Crippen LogP contribution in [0.1, 0.15) is 16.7 Å². The Labute approximate surface area is 125 Å². The Kier molecular flexibility index (Phi) is 4.65. The van der Waals surface area contributed by atoms with Crippen LogP contribution in [0.25, 0.3) is 0 Å². The van der Waals surface area contributed by atoms with Gasteiger partial charge in [0.05, 0.1) is 12.0 Å². The fourth-order valence-corrected chi connectivity index (χ4v) is 3.45. The molecule has 0 bridgehead atoms. The van der Waals surface area contributed by atoms with Crippen LogP contribution < -0.4 is 9.46 Å². The predicted molar refractivity (Wildman–Crippen MR) is 82.9 cm³/mol. The summed E-state index contributed by atoms with van der Waals surface area (Å²) in [5.74, 6) is 0.689. The lowest BCUT2D eigenvalue weighted by molar-refractivity contribution is 0.410. The molecule has 0 aromatic heterocycles. The molecular weight excluding hydrogens is 286 g/mol. The maximum absolute atomic E-state index is 12.4. The first-order valence-electron chi connectivity index (χ1n) is 6.63. The molecule has 0 saturated heterocycles. The molecule has 2 rings (SSSR count). The van der Waals surface area contributed by atoms with Gasteiger partial charge >= 0.3 is 0 Å². The Hall–Kier alpha value is -1.85. The summed E-state index contributed by atoms with van der Waals surface area (Å²) in [5, 5.41) is 0. The van der Waals surface area contributed by atoms with Crippen LogP contribution >= 0.6 is 0 Å². The fraction of sp³-hybridized carbons (Fsp3) is 0.250. The van der Waals surface area contributed by atoms with Gasteiger partial charge in [-0.05, 0) is 42.7 Å². The monoisotopic (exact) mass is 305 g/mol. The van der Waals surface area contributed by atoms with Crippen molar-refractivity contribution in [2.45, 2.75) is 25.3 Å². The topological polar surface area (TPSA) is 55.4 Å². The van der Waals surface area contributed by atoms with E-state index in [1.54, 1.807) is 26.2 Å². The van der Waals surface area contributed by atoms with Crippen molar-refractivity contribution in [3.63, 3.8) is 0 Å². The van der Waals surface area contributed by atoms with Crippen molar-refractivity contribution in [3.8, 4) is 5.75 Å². The molecular formula is C16H19NO3S. The van der Waals surface area contributed by atoms with Crippen LogP contribution in [0.2, 0.25) is 0 Å². The third-order valence-electron chi connectivity index (χ3n) is 3.51. The molecule has 0 spiro atoms. The molecule has 0 aliphatic rings. The summed E-state index contributed by atoms with van der Waals surface area (Å²) >= 11 is 0. The largest absolute Gasteiger partial charge is 0.496 e. The minimum Gasteiger partial charge on any atom is -0.496 e. The van der Waals surface area contributed by atoms with E-state index in [-0.39, 0.29) is 11.4 Å². The molecule has 2 aromatic carbocycles. The van der Waals surface area contributed by atoms with Crippen LogP contribution in [-0.4, -0.2) is 15.5 Å². The summed E-state index contributed by atoms with van der Waals surface area (Å²) in [7, 11) is -1.97. The van der Waals surface area contributed by atoms with E-state index < -0.39 is 10.0 Å². The van der Waals surface area contributed by atoms with Crippen LogP contribution in [0.5, 0.6) is 5.75 Å². The minimum atomic E-state index is -3.54. The average Bonchev–Trinajstić information content (AvgIpc) is 2.49. The van der Waals surface area contributed by atoms with Gasteiger partial charge in [0.1, 0.15) is 5.75 Å². The number of ether oxygens (including phenoxy) is 1. The lowest BCUT2D eigenvalue weighted by Gasteiger charge is -2.13. The van der Waals surface area contributed by atoms with Gasteiger partial charge in [0.2, 0.25) is 10.0 Å². The highest BCUT2D eigenvalue weighted by atomic mass is 32.2. The van der Waals surface area contributed by atoms with Crippen molar-refractivity contribution in [2.75, 3.05) is 7.11 Å². The number of methoxy groups -OCH3 is 1. The van der Waals surface area contributed by atoms with Crippen molar-refractivity contribution >= 4 is 10.0 Å². The van der Waals surface area contributed by atoms with Gasteiger partial charge in [-0.1, -0.05) is 30.3 Å². The molecule has 0 saturated carbocycles. The van der Waals surface area contributed by atoms with E-state index >= 15 is 0 Å². The third-order valence-corrected chi connectivity index (χ3v) is 5.05. The molecule has 21 heavy (non-hydrogen) atoms. The second-order valence-electron chi connectivity index (χ2n) is 4.83. The van der Waals surface area contributed by atoms with E-state index in [1.807, 2.05) is 37.3 Å². The van der Waals surface area contributed by atoms with E-state index in [0.29, 0.717) is 11.3 Å². The molecule has 1 N–H and O–H groups in total. The first-order valence-corrected chi connectivity index (χ1v) is 8.12. The zero-order chi connectivity index (χ0) is 15.5. The smallest absolute Gasteiger partial charge is 0.241 e. The first kappa shape index (κ1) is 15.5. The lowest BCUT2D eigenvalue weighted by Crippen LogP contribution is -2.24. The van der Waals surface area contributed by atoms with Crippen LogP contribution in [-0.2, 0) is 16.6 Å². The molecule has 0 radical (unpaired) electrons. The van der Waals surface area contributed by atoms with Crippen molar-refractivity contribution in [3.05, 3.63) is 59.2 Å². The summed E-state index contributed by atoms with van der Waals surface area (Å²) in [4.78, 5) is 0.289. The molecule has 0 aliphatic heterocycles. The van der Waals surface area contributed by atoms with Gasteiger partial charge in [-0.3, -0.25) is 0 Å². The molecule has 5 heteroatoms. The number of rotatable bonds is 5. The summed E-state index contributed by atoms with van der Waals surface area (Å²) in [5.41, 5.74) is 2.46. The van der Waals surface area contributed by atoms with Crippen LogP contribution in [0, 0.1) is 13.8 Å². The van der Waals surface area contributed by atoms with Crippen LogP contribution in [0.3, 0.4) is 0 Å². The Bertz CT molecular complexity index is 725. The SMILES string of the molecule is COc1ccc(S(=O)(=O)NCc2ccccc2)c(C)c1C. The van der Waals surface area contributed by atoms with Gasteiger partial charge in [-0.15, -0.1) is 0 Å². The Morgan fingerprint density at radius 2 is 1.67 bits per heavy atom. The maximum Gasteiger partial charge on any atom is 0.241 e. The number of sulfonamides is 1. The van der Waals surface area contributed by atoms with E-state index in [2.05, 4.69) is 4.72 Å². The summed E-state index contributed by atoms with van der Waals surface area (Å²) < 4.78 is 32.7. The zero-order valence-corrected chi connectivity index (χ0v) is 13.2. The number of hydrogen-bond donors (Lipinski definition) is 1. The molecule has 0 aliphatic carbocycles. The number of benzene rings is 2. The molecule has 0 amide bonds. The van der Waals surface area contributed by atoms with E-state index in [1.165, 1.54) is 0 Å². The Balaban J connectivity index is 2.26. The third kappa shape index (κ3) is 3.43. The molecule has 2 aromatic rings. The molecule has 0 heterocycles. The van der Waals surface area contributed by atoms with Crippen molar-refractivity contribution < 1.29 is 13.2 Å². The highest BCUT2D eigenvalue weighted by Crippen LogP contribution is 2.26. The van der Waals surface area contributed by atoms with Gasteiger partial charge in [0.25, 0.3) is 0 Å². The van der Waals surface area contributed by atoms with Gasteiger partial charge in [-0.25, -0.2) is 13.1 Å². The normalized spacial score (nSPS) is 11.4. The molecule has 0 unspecified atom stereocenters. The predicted octanol–water partition coefficient (Wildman–Crippen LogP) is 2.79. The standard InChI is InChI=1S/C16H19NO3S/c1-12-13(2)16(10-9-15(12)20-3)21(18,19)17-11-14-7-5-4-6-8-14/h4-10,17H,11H2,1-3H3. The number of hydrogen-bond acceptors (Lipinski definition) is 3. The summed E-state index contributed by atoms with van der Waals surface area (Å²) in [6.07, 6.45) is 0. The summed E-state index contributed by atoms with van der Waals surface area (Å²) in [6.45, 7) is 3.91. The summed E-state index contributed by atoms with van der Waals surface area (Å²) in [6, 6.07) is 12.7. The van der Waals surface area contributed by atoms with Gasteiger partial charge in [0.15, 0.2) is 0 Å². The minimum absolute atomic E-state index is 0.272. The van der Waals surface area contributed by atoms with Gasteiger partial charge < -0.3 is 4.74 Å². The molecule has 4 nitrogen and oxygen atoms in total. The first-order chi connectivity index (χ1) is 9.95. The second kappa shape index (κ2) is 6.28. The molecule has 0 atom stereocenters. The van der Waals surface area contributed by atoms with Gasteiger partial charge in [-0.2, -0.15) is 0 Å². The second-order valence-corrected chi connectivity index (χ2v) is 6.56.